The number of methoxy groups -OCH3 is 1. The van der Waals surface area contributed by atoms with E-state index in [4.69, 9.17) is 4.74 Å². The maximum atomic E-state index is 13.1. The Balaban J connectivity index is 1.47. The van der Waals surface area contributed by atoms with Crippen molar-refractivity contribution < 1.29 is 19.1 Å². The minimum Gasteiger partial charge on any atom is -0.465 e. The van der Waals surface area contributed by atoms with Crippen LogP contribution in [0.4, 0.5) is 10.7 Å². The van der Waals surface area contributed by atoms with E-state index in [0.29, 0.717) is 21.8 Å². The number of nitrogens with one attached hydrogen (secondary N) is 2. The fourth-order valence-corrected chi connectivity index (χ4v) is 5.73. The van der Waals surface area contributed by atoms with Gasteiger partial charge in [0.05, 0.1) is 12.4 Å². The predicted molar refractivity (Wildman–Crippen MR) is 155 cm³/mol. The zero-order valence-corrected chi connectivity index (χ0v) is 23.2. The molecule has 1 unspecified atom stereocenters. The molecule has 4 rings (SSSR count). The van der Waals surface area contributed by atoms with Crippen LogP contribution in [0.3, 0.4) is 0 Å². The maximum absolute atomic E-state index is 13.1. The number of ether oxygens (including phenoxy) is 1. The number of esters is 1. The summed E-state index contributed by atoms with van der Waals surface area (Å²) >= 11 is 2.65. The zero-order valence-electron chi connectivity index (χ0n) is 21.5. The predicted octanol–water partition coefficient (Wildman–Crippen LogP) is 7.19. The Morgan fingerprint density at radius 2 is 1.66 bits per heavy atom. The Kier molecular flexibility index (Phi) is 8.66. The third-order valence-electron chi connectivity index (χ3n) is 5.94. The number of thioether (sulfide) groups is 1. The van der Waals surface area contributed by atoms with E-state index >= 15 is 0 Å². The molecule has 4 aromatic rings. The standard InChI is InChI=1S/C30H28N2O4S2/c1-18-12-14-21(15-13-18)25-17-37-29(26(25)30(35)36-4)32-27(33)20(3)38-23-10-7-9-22(16-23)31-28(34)24-11-6-5-8-19(24)2/h5-17,20H,1-4H3,(H,31,34)(H,32,33). The van der Waals surface area contributed by atoms with E-state index in [-0.39, 0.29) is 11.8 Å². The first-order valence-electron chi connectivity index (χ1n) is 12.0. The highest BCUT2D eigenvalue weighted by Crippen LogP contribution is 2.37. The number of hydrogen-bond acceptors (Lipinski definition) is 6. The van der Waals surface area contributed by atoms with Gasteiger partial charge in [-0.05, 0) is 56.2 Å². The summed E-state index contributed by atoms with van der Waals surface area (Å²) in [6, 6.07) is 22.6. The van der Waals surface area contributed by atoms with Gasteiger partial charge in [-0.3, -0.25) is 9.59 Å². The molecule has 0 bridgehead atoms. The Morgan fingerprint density at radius 3 is 2.37 bits per heavy atom. The molecule has 0 spiro atoms. The minimum atomic E-state index is -0.505. The van der Waals surface area contributed by atoms with Crippen LogP contribution in [-0.2, 0) is 9.53 Å². The Labute approximate surface area is 230 Å². The maximum Gasteiger partial charge on any atom is 0.341 e. The lowest BCUT2D eigenvalue weighted by molar-refractivity contribution is -0.115. The molecule has 0 fully saturated rings. The highest BCUT2D eigenvalue weighted by molar-refractivity contribution is 8.00. The van der Waals surface area contributed by atoms with Crippen LogP contribution in [0.5, 0.6) is 0 Å². The van der Waals surface area contributed by atoms with E-state index in [1.165, 1.54) is 30.2 Å². The van der Waals surface area contributed by atoms with Crippen molar-refractivity contribution >= 4 is 51.6 Å². The first-order chi connectivity index (χ1) is 18.3. The minimum absolute atomic E-state index is 0.187. The molecule has 2 N–H and O–H groups in total. The molecule has 0 aliphatic rings. The van der Waals surface area contributed by atoms with Crippen molar-refractivity contribution in [2.75, 3.05) is 17.7 Å². The molecule has 38 heavy (non-hydrogen) atoms. The van der Waals surface area contributed by atoms with Crippen molar-refractivity contribution in [1.29, 1.82) is 0 Å². The van der Waals surface area contributed by atoms with Gasteiger partial charge in [0.15, 0.2) is 0 Å². The molecular weight excluding hydrogens is 516 g/mol. The van der Waals surface area contributed by atoms with Crippen molar-refractivity contribution in [2.24, 2.45) is 0 Å². The lowest BCUT2D eigenvalue weighted by atomic mass is 10.0. The van der Waals surface area contributed by atoms with E-state index in [1.54, 1.807) is 13.0 Å². The molecule has 0 radical (unpaired) electrons. The van der Waals surface area contributed by atoms with Crippen LogP contribution in [0.1, 0.15) is 38.8 Å². The summed E-state index contributed by atoms with van der Waals surface area (Å²) in [7, 11) is 1.33. The normalized spacial score (nSPS) is 11.5. The largest absolute Gasteiger partial charge is 0.465 e. The van der Waals surface area contributed by atoms with Gasteiger partial charge >= 0.3 is 5.97 Å². The Morgan fingerprint density at radius 1 is 0.921 bits per heavy atom. The molecule has 2 amide bonds. The second-order valence-electron chi connectivity index (χ2n) is 8.76. The lowest BCUT2D eigenvalue weighted by Gasteiger charge is -2.14. The van der Waals surface area contributed by atoms with E-state index < -0.39 is 11.2 Å². The molecule has 0 aliphatic carbocycles. The van der Waals surface area contributed by atoms with Crippen molar-refractivity contribution in [3.8, 4) is 11.1 Å². The summed E-state index contributed by atoms with van der Waals surface area (Å²) in [5, 5.41) is 7.67. The third kappa shape index (κ3) is 6.33. The number of aryl methyl sites for hydroxylation is 2. The van der Waals surface area contributed by atoms with Gasteiger partial charge in [0.2, 0.25) is 5.91 Å². The van der Waals surface area contributed by atoms with Crippen LogP contribution in [0, 0.1) is 13.8 Å². The average molecular weight is 545 g/mol. The molecule has 194 valence electrons. The molecule has 0 aliphatic heterocycles. The molecule has 6 nitrogen and oxygen atoms in total. The van der Waals surface area contributed by atoms with Crippen LogP contribution < -0.4 is 10.6 Å². The first-order valence-corrected chi connectivity index (χ1v) is 13.7. The van der Waals surface area contributed by atoms with Crippen molar-refractivity contribution in [3.63, 3.8) is 0 Å². The van der Waals surface area contributed by atoms with Crippen LogP contribution in [0.2, 0.25) is 0 Å². The molecule has 0 saturated carbocycles. The van der Waals surface area contributed by atoms with Gasteiger partial charge in [-0.25, -0.2) is 4.79 Å². The SMILES string of the molecule is COC(=O)c1c(-c2ccc(C)cc2)csc1NC(=O)C(C)Sc1cccc(NC(=O)c2ccccc2C)c1. The number of rotatable bonds is 8. The van der Waals surface area contributed by atoms with E-state index in [1.807, 2.05) is 86.0 Å². The second-order valence-corrected chi connectivity index (χ2v) is 11.1. The van der Waals surface area contributed by atoms with E-state index in [0.717, 1.165) is 27.1 Å². The number of hydrogen-bond donors (Lipinski definition) is 2. The van der Waals surface area contributed by atoms with Gasteiger partial charge in [0.1, 0.15) is 10.6 Å². The van der Waals surface area contributed by atoms with Gasteiger partial charge in [0.25, 0.3) is 5.91 Å². The average Bonchev–Trinajstić information content (AvgIpc) is 3.32. The number of anilines is 2. The molecule has 3 aromatic carbocycles. The number of benzene rings is 3. The number of thiophene rings is 1. The summed E-state index contributed by atoms with van der Waals surface area (Å²) in [6.45, 7) is 5.69. The fraction of sp³-hybridized carbons (Fsp3) is 0.167. The first kappa shape index (κ1) is 27.2. The highest BCUT2D eigenvalue weighted by atomic mass is 32.2. The topological polar surface area (TPSA) is 84.5 Å². The summed E-state index contributed by atoms with van der Waals surface area (Å²) in [4.78, 5) is 39.3. The number of carbonyl (C=O) groups is 3. The zero-order chi connectivity index (χ0) is 27.2. The lowest BCUT2D eigenvalue weighted by Crippen LogP contribution is -2.23. The Bertz CT molecular complexity index is 1480. The molecule has 0 saturated heterocycles. The number of amides is 2. The summed E-state index contributed by atoms with van der Waals surface area (Å²) in [5.74, 6) is -0.935. The van der Waals surface area contributed by atoms with Crippen molar-refractivity contribution in [3.05, 3.63) is 100 Å². The van der Waals surface area contributed by atoms with Crippen LogP contribution >= 0.6 is 23.1 Å². The molecule has 1 atom stereocenters. The van der Waals surface area contributed by atoms with Crippen LogP contribution in [0.15, 0.2) is 83.1 Å². The van der Waals surface area contributed by atoms with Gasteiger partial charge in [0, 0.05) is 27.1 Å². The van der Waals surface area contributed by atoms with Crippen LogP contribution in [0.25, 0.3) is 11.1 Å². The molecular formula is C30H28N2O4S2. The van der Waals surface area contributed by atoms with Gasteiger partial charge in [-0.1, -0.05) is 54.1 Å². The van der Waals surface area contributed by atoms with E-state index in [2.05, 4.69) is 10.6 Å². The Hall–Kier alpha value is -3.88. The third-order valence-corrected chi connectivity index (χ3v) is 7.93. The number of carbonyl (C=O) groups excluding carboxylic acids is 3. The summed E-state index contributed by atoms with van der Waals surface area (Å²) < 4.78 is 5.02. The second kappa shape index (κ2) is 12.1. The monoisotopic (exact) mass is 544 g/mol. The van der Waals surface area contributed by atoms with Gasteiger partial charge < -0.3 is 15.4 Å². The molecule has 8 heteroatoms. The highest BCUT2D eigenvalue weighted by Gasteiger charge is 2.24. The van der Waals surface area contributed by atoms with E-state index in [9.17, 15) is 14.4 Å². The summed E-state index contributed by atoms with van der Waals surface area (Å²) in [6.07, 6.45) is 0. The van der Waals surface area contributed by atoms with Gasteiger partial charge in [-0.15, -0.1) is 23.1 Å². The fourth-order valence-electron chi connectivity index (χ4n) is 3.84. The summed E-state index contributed by atoms with van der Waals surface area (Å²) in [5.41, 5.74) is 5.20. The smallest absolute Gasteiger partial charge is 0.341 e. The molecule has 1 heterocycles. The van der Waals surface area contributed by atoms with Crippen molar-refractivity contribution in [1.82, 2.24) is 0 Å². The molecule has 1 aromatic heterocycles. The van der Waals surface area contributed by atoms with Crippen LogP contribution in [-0.4, -0.2) is 30.1 Å². The van der Waals surface area contributed by atoms with Crippen molar-refractivity contribution in [2.45, 2.75) is 30.9 Å². The van der Waals surface area contributed by atoms with Gasteiger partial charge in [-0.2, -0.15) is 0 Å². The quantitative estimate of drug-likeness (QED) is 0.181.